The van der Waals surface area contributed by atoms with Crippen molar-refractivity contribution < 1.29 is 4.79 Å². The average Bonchev–Trinajstić information content (AvgIpc) is 3.33. The summed E-state index contributed by atoms with van der Waals surface area (Å²) in [6, 6.07) is 12.0. The lowest BCUT2D eigenvalue weighted by atomic mass is 10.1. The summed E-state index contributed by atoms with van der Waals surface area (Å²) in [5, 5.41) is 6.41. The number of pyridine rings is 1. The van der Waals surface area contributed by atoms with Crippen LogP contribution >= 0.6 is 0 Å². The molecule has 1 aliphatic rings. The number of benzene rings is 1. The fourth-order valence-electron chi connectivity index (χ4n) is 2.26. The van der Waals surface area contributed by atoms with Crippen LogP contribution in [0.5, 0.6) is 0 Å². The Balaban J connectivity index is 1.66. The summed E-state index contributed by atoms with van der Waals surface area (Å²) in [7, 11) is 0. The molecule has 0 bridgehead atoms. The van der Waals surface area contributed by atoms with E-state index >= 15 is 0 Å². The average molecular weight is 281 g/mol. The quantitative estimate of drug-likeness (QED) is 0.880. The van der Waals surface area contributed by atoms with Crippen molar-refractivity contribution in [2.75, 3.05) is 10.6 Å². The molecular weight excluding hydrogens is 262 g/mol. The zero-order chi connectivity index (χ0) is 14.7. The van der Waals surface area contributed by atoms with E-state index in [1.807, 2.05) is 36.4 Å². The van der Waals surface area contributed by atoms with Gasteiger partial charge >= 0.3 is 0 Å². The van der Waals surface area contributed by atoms with Crippen LogP contribution in [0.2, 0.25) is 0 Å². The molecule has 0 spiro atoms. The lowest BCUT2D eigenvalue weighted by Gasteiger charge is -2.16. The predicted molar refractivity (Wildman–Crippen MR) is 84.1 cm³/mol. The van der Waals surface area contributed by atoms with Crippen LogP contribution in [0.25, 0.3) is 0 Å². The van der Waals surface area contributed by atoms with Crippen LogP contribution < -0.4 is 10.6 Å². The summed E-state index contributed by atoms with van der Waals surface area (Å²) in [5.41, 5.74) is 3.02. The van der Waals surface area contributed by atoms with Crippen molar-refractivity contribution in [3.05, 3.63) is 54.4 Å². The number of hydrogen-bond donors (Lipinski definition) is 2. The van der Waals surface area contributed by atoms with E-state index in [0.717, 1.165) is 24.2 Å². The molecular formula is C17H19N3O. The van der Waals surface area contributed by atoms with E-state index in [4.69, 9.17) is 0 Å². The molecule has 4 heteroatoms. The molecule has 2 N–H and O–H groups in total. The molecule has 3 rings (SSSR count). The molecule has 21 heavy (non-hydrogen) atoms. The molecule has 4 nitrogen and oxygen atoms in total. The number of nitrogens with one attached hydrogen (secondary N) is 2. The minimum Gasteiger partial charge on any atom is -0.378 e. The second-order valence-corrected chi connectivity index (χ2v) is 5.49. The van der Waals surface area contributed by atoms with Gasteiger partial charge in [-0.05, 0) is 55.7 Å². The van der Waals surface area contributed by atoms with Gasteiger partial charge < -0.3 is 10.6 Å². The summed E-state index contributed by atoms with van der Waals surface area (Å²) in [6.07, 6.45) is 5.62. The normalized spacial score (nSPS) is 15.3. The van der Waals surface area contributed by atoms with Crippen molar-refractivity contribution in [2.24, 2.45) is 5.92 Å². The van der Waals surface area contributed by atoms with E-state index < -0.39 is 0 Å². The van der Waals surface area contributed by atoms with Crippen LogP contribution in [-0.4, -0.2) is 10.9 Å². The molecule has 1 aromatic heterocycles. The lowest BCUT2D eigenvalue weighted by molar-refractivity contribution is -0.117. The van der Waals surface area contributed by atoms with Crippen LogP contribution in [0, 0.1) is 5.92 Å². The number of anilines is 2. The number of amides is 1. The molecule has 1 amide bonds. The van der Waals surface area contributed by atoms with Crippen molar-refractivity contribution in [2.45, 2.75) is 25.8 Å². The van der Waals surface area contributed by atoms with E-state index in [2.05, 4.69) is 22.5 Å². The summed E-state index contributed by atoms with van der Waals surface area (Å²) in [4.78, 5) is 15.8. The van der Waals surface area contributed by atoms with Crippen LogP contribution in [-0.2, 0) is 4.79 Å². The summed E-state index contributed by atoms with van der Waals surface area (Å²) in [6.45, 7) is 2.10. The lowest BCUT2D eigenvalue weighted by Crippen LogP contribution is -2.13. The Kier molecular flexibility index (Phi) is 3.86. The SMILES string of the molecule is CC(Nc1cccc(NC(=O)C2CC2)c1)c1ccncc1. The molecule has 0 radical (unpaired) electrons. The highest BCUT2D eigenvalue weighted by molar-refractivity contribution is 5.94. The number of carbonyl (C=O) groups excluding carboxylic acids is 1. The number of hydrogen-bond acceptors (Lipinski definition) is 3. The van der Waals surface area contributed by atoms with E-state index in [0.29, 0.717) is 0 Å². The first-order chi connectivity index (χ1) is 10.2. The van der Waals surface area contributed by atoms with Crippen molar-refractivity contribution in [1.82, 2.24) is 4.98 Å². The Labute approximate surface area is 124 Å². The van der Waals surface area contributed by atoms with Gasteiger partial charge in [-0.2, -0.15) is 0 Å². The van der Waals surface area contributed by atoms with Crippen LogP contribution in [0.4, 0.5) is 11.4 Å². The van der Waals surface area contributed by atoms with Gasteiger partial charge in [-0.3, -0.25) is 9.78 Å². The maximum Gasteiger partial charge on any atom is 0.227 e. The second-order valence-electron chi connectivity index (χ2n) is 5.49. The Hall–Kier alpha value is -2.36. The van der Waals surface area contributed by atoms with E-state index in [1.54, 1.807) is 12.4 Å². The minimum absolute atomic E-state index is 0.134. The maximum absolute atomic E-state index is 11.8. The molecule has 1 fully saturated rings. The smallest absolute Gasteiger partial charge is 0.227 e. The Morgan fingerprint density at radius 2 is 1.90 bits per heavy atom. The molecule has 1 saturated carbocycles. The van der Waals surface area contributed by atoms with Crippen LogP contribution in [0.15, 0.2) is 48.8 Å². The Morgan fingerprint density at radius 3 is 2.62 bits per heavy atom. The molecule has 1 aromatic carbocycles. The van der Waals surface area contributed by atoms with Gasteiger partial charge in [0.2, 0.25) is 5.91 Å². The third-order valence-corrected chi connectivity index (χ3v) is 3.67. The molecule has 1 heterocycles. The van der Waals surface area contributed by atoms with Gasteiger partial charge in [0.1, 0.15) is 0 Å². The first-order valence-corrected chi connectivity index (χ1v) is 7.30. The largest absolute Gasteiger partial charge is 0.378 e. The third kappa shape index (κ3) is 3.60. The van der Waals surface area contributed by atoms with Crippen LogP contribution in [0.1, 0.15) is 31.4 Å². The first-order valence-electron chi connectivity index (χ1n) is 7.30. The third-order valence-electron chi connectivity index (χ3n) is 3.67. The topological polar surface area (TPSA) is 54.0 Å². The van der Waals surface area contributed by atoms with Crippen LogP contribution in [0.3, 0.4) is 0 Å². The Morgan fingerprint density at radius 1 is 1.19 bits per heavy atom. The van der Waals surface area contributed by atoms with Gasteiger partial charge in [0, 0.05) is 35.7 Å². The molecule has 1 aliphatic carbocycles. The fraction of sp³-hybridized carbons (Fsp3) is 0.294. The minimum atomic E-state index is 0.134. The standard InChI is InChI=1S/C17H19N3O/c1-12(13-7-9-18-10-8-13)19-15-3-2-4-16(11-15)20-17(21)14-5-6-14/h2-4,7-12,14,19H,5-6H2,1H3,(H,20,21). The zero-order valence-corrected chi connectivity index (χ0v) is 12.0. The number of aromatic nitrogens is 1. The molecule has 0 aliphatic heterocycles. The van der Waals surface area contributed by atoms with E-state index in [9.17, 15) is 4.79 Å². The number of nitrogens with zero attached hydrogens (tertiary/aromatic N) is 1. The highest BCUT2D eigenvalue weighted by Gasteiger charge is 2.29. The van der Waals surface area contributed by atoms with Crippen molar-refractivity contribution >= 4 is 17.3 Å². The van der Waals surface area contributed by atoms with E-state index in [1.165, 1.54) is 5.56 Å². The molecule has 1 atom stereocenters. The predicted octanol–water partition coefficient (Wildman–Crippen LogP) is 3.60. The molecule has 2 aromatic rings. The highest BCUT2D eigenvalue weighted by Crippen LogP contribution is 2.30. The van der Waals surface area contributed by atoms with Gasteiger partial charge in [0.05, 0.1) is 0 Å². The summed E-state index contributed by atoms with van der Waals surface area (Å²) < 4.78 is 0. The van der Waals surface area contributed by atoms with Crippen molar-refractivity contribution in [3.63, 3.8) is 0 Å². The maximum atomic E-state index is 11.8. The zero-order valence-electron chi connectivity index (χ0n) is 12.0. The summed E-state index contributed by atoms with van der Waals surface area (Å²) in [5.74, 6) is 0.353. The monoisotopic (exact) mass is 281 g/mol. The van der Waals surface area contributed by atoms with E-state index in [-0.39, 0.29) is 17.9 Å². The van der Waals surface area contributed by atoms with Gasteiger partial charge in [-0.1, -0.05) is 6.07 Å². The first kappa shape index (κ1) is 13.6. The molecule has 1 unspecified atom stereocenters. The van der Waals surface area contributed by atoms with Gasteiger partial charge in [0.25, 0.3) is 0 Å². The van der Waals surface area contributed by atoms with Crippen molar-refractivity contribution in [3.8, 4) is 0 Å². The van der Waals surface area contributed by atoms with Crippen molar-refractivity contribution in [1.29, 1.82) is 0 Å². The Bertz CT molecular complexity index is 623. The molecule has 108 valence electrons. The number of rotatable bonds is 5. The fourth-order valence-corrected chi connectivity index (χ4v) is 2.26. The van der Waals surface area contributed by atoms with Gasteiger partial charge in [0.15, 0.2) is 0 Å². The summed E-state index contributed by atoms with van der Waals surface area (Å²) >= 11 is 0. The highest BCUT2D eigenvalue weighted by atomic mass is 16.2. The molecule has 0 saturated heterocycles. The second kappa shape index (κ2) is 5.95. The van der Waals surface area contributed by atoms with Gasteiger partial charge in [-0.25, -0.2) is 0 Å². The van der Waals surface area contributed by atoms with Gasteiger partial charge in [-0.15, -0.1) is 0 Å². The number of carbonyl (C=O) groups is 1.